The van der Waals surface area contributed by atoms with E-state index in [1.165, 1.54) is 25.4 Å². The van der Waals surface area contributed by atoms with Crippen molar-refractivity contribution in [2.45, 2.75) is 0 Å². The van der Waals surface area contributed by atoms with Gasteiger partial charge in [-0.05, 0) is 30.3 Å². The summed E-state index contributed by atoms with van der Waals surface area (Å²) in [5, 5.41) is 11.7. The van der Waals surface area contributed by atoms with Crippen LogP contribution < -0.4 is 10.1 Å². The molecule has 0 fully saturated rings. The first-order chi connectivity index (χ1) is 10.0. The van der Waals surface area contributed by atoms with Gasteiger partial charge in [0.1, 0.15) is 11.4 Å². The Labute approximate surface area is 128 Å². The summed E-state index contributed by atoms with van der Waals surface area (Å²) in [6.07, 6.45) is 1.36. The number of aromatic nitrogens is 1. The second-order valence-electron chi connectivity index (χ2n) is 4.00. The third kappa shape index (κ3) is 3.38. The molecule has 0 saturated heterocycles. The number of hydrogen-bond donors (Lipinski definition) is 2. The lowest BCUT2D eigenvalue weighted by Crippen LogP contribution is -2.18. The van der Waals surface area contributed by atoms with E-state index in [1.807, 2.05) is 0 Å². The quantitative estimate of drug-likeness (QED) is 0.884. The van der Waals surface area contributed by atoms with Gasteiger partial charge < -0.3 is 15.2 Å². The summed E-state index contributed by atoms with van der Waals surface area (Å²) in [5.74, 6) is -1.38. The Morgan fingerprint density at radius 1 is 1.33 bits per heavy atom. The summed E-state index contributed by atoms with van der Waals surface area (Å²) in [4.78, 5) is 27.1. The third-order valence-corrected chi connectivity index (χ3v) is 3.16. The van der Waals surface area contributed by atoms with E-state index in [4.69, 9.17) is 9.84 Å². The molecule has 108 valence electrons. The Bertz CT molecular complexity index is 703. The monoisotopic (exact) mass is 350 g/mol. The molecule has 6 nitrogen and oxygen atoms in total. The van der Waals surface area contributed by atoms with Crippen molar-refractivity contribution in [3.05, 3.63) is 52.3 Å². The Morgan fingerprint density at radius 2 is 2.10 bits per heavy atom. The van der Waals surface area contributed by atoms with Crippen LogP contribution >= 0.6 is 15.9 Å². The van der Waals surface area contributed by atoms with Crippen molar-refractivity contribution < 1.29 is 19.4 Å². The maximum absolute atomic E-state index is 12.2. The highest BCUT2D eigenvalue weighted by molar-refractivity contribution is 9.10. The fraction of sp³-hybridized carbons (Fsp3) is 0.0714. The van der Waals surface area contributed by atoms with Crippen molar-refractivity contribution in [2.75, 3.05) is 12.4 Å². The molecule has 0 radical (unpaired) electrons. The van der Waals surface area contributed by atoms with Crippen molar-refractivity contribution >= 4 is 33.5 Å². The van der Waals surface area contributed by atoms with Crippen LogP contribution in [-0.2, 0) is 0 Å². The van der Waals surface area contributed by atoms with Crippen LogP contribution in [0.2, 0.25) is 0 Å². The van der Waals surface area contributed by atoms with Gasteiger partial charge in [-0.3, -0.25) is 9.78 Å². The van der Waals surface area contributed by atoms with E-state index in [2.05, 4.69) is 26.2 Å². The zero-order valence-electron chi connectivity index (χ0n) is 11.0. The summed E-state index contributed by atoms with van der Waals surface area (Å²) >= 11 is 3.29. The number of nitrogens with zero attached hydrogens (tertiary/aromatic N) is 1. The number of pyridine rings is 1. The van der Waals surface area contributed by atoms with Crippen molar-refractivity contribution in [2.24, 2.45) is 0 Å². The summed E-state index contributed by atoms with van der Waals surface area (Å²) in [6.45, 7) is 0. The van der Waals surface area contributed by atoms with Gasteiger partial charge >= 0.3 is 5.97 Å². The molecule has 0 aliphatic heterocycles. The second-order valence-corrected chi connectivity index (χ2v) is 4.92. The predicted octanol–water partition coefficient (Wildman–Crippen LogP) is 2.80. The molecule has 2 aromatic rings. The fourth-order valence-corrected chi connectivity index (χ4v) is 2.08. The van der Waals surface area contributed by atoms with Gasteiger partial charge in [-0.15, -0.1) is 0 Å². The SMILES string of the molecule is COc1ccc(Br)cc1NC(=O)c1ncccc1C(=O)O. The number of nitrogens with one attached hydrogen (secondary N) is 1. The van der Waals surface area contributed by atoms with E-state index in [9.17, 15) is 9.59 Å². The van der Waals surface area contributed by atoms with Crippen LogP contribution in [0.1, 0.15) is 20.8 Å². The first kappa shape index (κ1) is 15.0. The largest absolute Gasteiger partial charge is 0.495 e. The highest BCUT2D eigenvalue weighted by Gasteiger charge is 2.18. The number of methoxy groups -OCH3 is 1. The fourth-order valence-electron chi connectivity index (χ4n) is 1.72. The van der Waals surface area contributed by atoms with Gasteiger partial charge in [0.25, 0.3) is 5.91 Å². The number of aromatic carboxylic acids is 1. The van der Waals surface area contributed by atoms with Crippen molar-refractivity contribution in [3.8, 4) is 5.75 Å². The van der Waals surface area contributed by atoms with Crippen molar-refractivity contribution in [1.82, 2.24) is 4.98 Å². The molecule has 1 aromatic carbocycles. The number of rotatable bonds is 4. The summed E-state index contributed by atoms with van der Waals surface area (Å²) in [7, 11) is 1.47. The minimum Gasteiger partial charge on any atom is -0.495 e. The topological polar surface area (TPSA) is 88.5 Å². The van der Waals surface area contributed by atoms with Gasteiger partial charge in [0.05, 0.1) is 18.4 Å². The molecule has 21 heavy (non-hydrogen) atoms. The molecule has 2 N–H and O–H groups in total. The Morgan fingerprint density at radius 3 is 2.76 bits per heavy atom. The minimum atomic E-state index is -1.21. The van der Waals surface area contributed by atoms with Crippen LogP contribution in [0.4, 0.5) is 5.69 Å². The normalized spacial score (nSPS) is 10.0. The highest BCUT2D eigenvalue weighted by Crippen LogP contribution is 2.28. The van der Waals surface area contributed by atoms with E-state index in [0.717, 1.165) is 4.47 Å². The first-order valence-electron chi connectivity index (χ1n) is 5.86. The third-order valence-electron chi connectivity index (χ3n) is 2.66. The average Bonchev–Trinajstić information content (AvgIpc) is 2.47. The van der Waals surface area contributed by atoms with Gasteiger partial charge in [-0.2, -0.15) is 0 Å². The zero-order chi connectivity index (χ0) is 15.4. The molecule has 0 bridgehead atoms. The van der Waals surface area contributed by atoms with Gasteiger partial charge in [-0.1, -0.05) is 15.9 Å². The maximum Gasteiger partial charge on any atom is 0.338 e. The first-order valence-corrected chi connectivity index (χ1v) is 6.65. The number of hydrogen-bond acceptors (Lipinski definition) is 4. The second kappa shape index (κ2) is 6.36. The Balaban J connectivity index is 2.35. The van der Waals surface area contributed by atoms with Crippen LogP contribution in [0.3, 0.4) is 0 Å². The number of carboxylic acid groups (broad SMARTS) is 1. The number of amides is 1. The molecule has 0 unspecified atom stereocenters. The number of halogens is 1. The molecule has 0 spiro atoms. The van der Waals surface area contributed by atoms with Gasteiger partial charge in [0, 0.05) is 10.7 Å². The molecule has 0 atom stereocenters. The molecule has 1 heterocycles. The van der Waals surface area contributed by atoms with E-state index in [-0.39, 0.29) is 11.3 Å². The molecule has 1 aromatic heterocycles. The van der Waals surface area contributed by atoms with E-state index >= 15 is 0 Å². The molecular weight excluding hydrogens is 340 g/mol. The van der Waals surface area contributed by atoms with Crippen LogP contribution in [0, 0.1) is 0 Å². The number of carbonyl (C=O) groups excluding carboxylic acids is 1. The number of anilines is 1. The minimum absolute atomic E-state index is 0.160. The number of carbonyl (C=O) groups is 2. The number of benzene rings is 1. The molecule has 7 heteroatoms. The molecule has 0 aliphatic rings. The summed E-state index contributed by atoms with van der Waals surface area (Å²) in [5.41, 5.74) is 0.0925. The van der Waals surface area contributed by atoms with Crippen LogP contribution in [0.5, 0.6) is 5.75 Å². The lowest BCUT2D eigenvalue weighted by Gasteiger charge is -2.11. The smallest absolute Gasteiger partial charge is 0.338 e. The maximum atomic E-state index is 12.2. The standard InChI is InChI=1S/C14H11BrN2O4/c1-21-11-5-4-8(15)7-10(11)17-13(18)12-9(14(19)20)3-2-6-16-12/h2-7H,1H3,(H,17,18)(H,19,20). The summed E-state index contributed by atoms with van der Waals surface area (Å²) in [6, 6.07) is 7.87. The highest BCUT2D eigenvalue weighted by atomic mass is 79.9. The summed E-state index contributed by atoms with van der Waals surface area (Å²) < 4.78 is 5.89. The van der Waals surface area contributed by atoms with Gasteiger partial charge in [0.15, 0.2) is 0 Å². The Kier molecular flexibility index (Phi) is 4.54. The van der Waals surface area contributed by atoms with E-state index < -0.39 is 11.9 Å². The molecule has 1 amide bonds. The number of carboxylic acids is 1. The zero-order valence-corrected chi connectivity index (χ0v) is 12.5. The van der Waals surface area contributed by atoms with Gasteiger partial charge in [0.2, 0.25) is 0 Å². The van der Waals surface area contributed by atoms with E-state index in [0.29, 0.717) is 11.4 Å². The molecule has 0 saturated carbocycles. The Hall–Kier alpha value is -2.41. The average molecular weight is 351 g/mol. The lowest BCUT2D eigenvalue weighted by atomic mass is 10.2. The van der Waals surface area contributed by atoms with Crippen molar-refractivity contribution in [1.29, 1.82) is 0 Å². The van der Waals surface area contributed by atoms with E-state index in [1.54, 1.807) is 18.2 Å². The predicted molar refractivity (Wildman–Crippen MR) is 79.8 cm³/mol. The van der Waals surface area contributed by atoms with Crippen molar-refractivity contribution in [3.63, 3.8) is 0 Å². The molecule has 2 rings (SSSR count). The van der Waals surface area contributed by atoms with Crippen LogP contribution in [0.25, 0.3) is 0 Å². The number of ether oxygens (including phenoxy) is 1. The lowest BCUT2D eigenvalue weighted by molar-refractivity contribution is 0.0691. The van der Waals surface area contributed by atoms with Crippen LogP contribution in [0.15, 0.2) is 41.0 Å². The van der Waals surface area contributed by atoms with Gasteiger partial charge in [-0.25, -0.2) is 4.79 Å². The van der Waals surface area contributed by atoms with Crippen LogP contribution in [-0.4, -0.2) is 29.1 Å². The molecular formula is C14H11BrN2O4. The molecule has 0 aliphatic carbocycles.